The molecular formula is C15H18FN5O4S2. The molecule has 0 bridgehead atoms. The van der Waals surface area contributed by atoms with Crippen LogP contribution in [0.5, 0.6) is 0 Å². The Bertz CT molecular complexity index is 1020. The van der Waals surface area contributed by atoms with Crippen LogP contribution in [0, 0.1) is 5.82 Å². The topological polar surface area (TPSA) is 113 Å². The molecule has 0 unspecified atom stereocenters. The number of hydrogen-bond acceptors (Lipinski definition) is 7. The van der Waals surface area contributed by atoms with Gasteiger partial charge < -0.3 is 5.32 Å². The quantitative estimate of drug-likeness (QED) is 0.762. The van der Waals surface area contributed by atoms with Crippen molar-refractivity contribution in [2.75, 3.05) is 37.8 Å². The Labute approximate surface area is 157 Å². The van der Waals surface area contributed by atoms with E-state index in [1.807, 2.05) is 0 Å². The molecule has 0 atom stereocenters. The first-order valence-electron chi connectivity index (χ1n) is 7.96. The molecule has 0 aliphatic carbocycles. The maximum atomic E-state index is 13.0. The van der Waals surface area contributed by atoms with Crippen LogP contribution in [0.15, 0.2) is 41.7 Å². The molecule has 27 heavy (non-hydrogen) atoms. The van der Waals surface area contributed by atoms with Gasteiger partial charge in [0.2, 0.25) is 20.0 Å². The van der Waals surface area contributed by atoms with Gasteiger partial charge in [0.05, 0.1) is 12.5 Å². The van der Waals surface area contributed by atoms with Crippen molar-refractivity contribution in [3.8, 4) is 0 Å². The Morgan fingerprint density at radius 2 is 1.59 bits per heavy atom. The molecular weight excluding hydrogens is 397 g/mol. The van der Waals surface area contributed by atoms with E-state index in [0.29, 0.717) is 5.69 Å². The zero-order valence-corrected chi connectivity index (χ0v) is 16.0. The number of sulfonamides is 2. The largest absolute Gasteiger partial charge is 0.339 e. The van der Waals surface area contributed by atoms with Gasteiger partial charge in [-0.25, -0.2) is 31.2 Å². The summed E-state index contributed by atoms with van der Waals surface area (Å²) < 4.78 is 64.6. The summed E-state index contributed by atoms with van der Waals surface area (Å²) in [5.41, 5.74) is 0.466. The van der Waals surface area contributed by atoms with E-state index in [1.165, 1.54) is 45.4 Å². The fourth-order valence-corrected chi connectivity index (χ4v) is 4.94. The third kappa shape index (κ3) is 4.40. The van der Waals surface area contributed by atoms with Crippen molar-refractivity contribution in [2.45, 2.75) is 4.90 Å². The van der Waals surface area contributed by atoms with Crippen LogP contribution in [0.25, 0.3) is 0 Å². The van der Waals surface area contributed by atoms with Gasteiger partial charge in [-0.1, -0.05) is 0 Å². The predicted molar refractivity (Wildman–Crippen MR) is 96.9 cm³/mol. The van der Waals surface area contributed by atoms with Crippen molar-refractivity contribution in [3.63, 3.8) is 0 Å². The molecule has 12 heteroatoms. The molecule has 1 fully saturated rings. The molecule has 1 N–H and O–H groups in total. The normalized spacial score (nSPS) is 17.0. The second kappa shape index (κ2) is 7.46. The van der Waals surface area contributed by atoms with E-state index in [0.717, 1.165) is 6.26 Å². The van der Waals surface area contributed by atoms with Gasteiger partial charge in [0.25, 0.3) is 0 Å². The van der Waals surface area contributed by atoms with E-state index < -0.39 is 25.9 Å². The fourth-order valence-electron chi connectivity index (χ4n) is 2.65. The molecule has 2 aromatic rings. The first kappa shape index (κ1) is 19.6. The van der Waals surface area contributed by atoms with Crippen LogP contribution in [-0.4, -0.2) is 67.8 Å². The summed E-state index contributed by atoms with van der Waals surface area (Å²) in [5.74, 6) is -0.359. The maximum Gasteiger partial charge on any atom is 0.248 e. The maximum absolute atomic E-state index is 13.0. The molecule has 9 nitrogen and oxygen atoms in total. The highest BCUT2D eigenvalue weighted by Gasteiger charge is 2.33. The molecule has 146 valence electrons. The van der Waals surface area contributed by atoms with Crippen LogP contribution in [0.3, 0.4) is 0 Å². The highest BCUT2D eigenvalue weighted by atomic mass is 32.2. The number of nitrogens with zero attached hydrogens (tertiary/aromatic N) is 4. The molecule has 2 heterocycles. The summed E-state index contributed by atoms with van der Waals surface area (Å²) in [6.45, 7) is 0.208. The molecule has 1 aromatic carbocycles. The summed E-state index contributed by atoms with van der Waals surface area (Å²) in [6.07, 6.45) is 3.47. The van der Waals surface area contributed by atoms with Gasteiger partial charge in [-0.15, -0.1) is 0 Å². The third-order valence-electron chi connectivity index (χ3n) is 4.07. The lowest BCUT2D eigenvalue weighted by atomic mass is 10.3. The third-order valence-corrected chi connectivity index (χ3v) is 7.27. The van der Waals surface area contributed by atoms with E-state index in [4.69, 9.17) is 0 Å². The Hall–Kier alpha value is -2.15. The van der Waals surface area contributed by atoms with E-state index >= 15 is 0 Å². The molecule has 1 aliphatic heterocycles. The number of aromatic nitrogens is 2. The standard InChI is InChI=1S/C15H18FN5O4S2/c1-26(22,23)20-6-8-21(9-7-20)27(24,25)14-10-17-11-18-15(14)19-13-4-2-12(16)3-5-13/h2-5,10-11H,6-9H2,1H3,(H,17,18,19). The molecule has 0 saturated carbocycles. The first-order valence-corrected chi connectivity index (χ1v) is 11.2. The smallest absolute Gasteiger partial charge is 0.248 e. The average Bonchev–Trinajstić information content (AvgIpc) is 2.63. The summed E-state index contributed by atoms with van der Waals surface area (Å²) in [7, 11) is -7.31. The minimum Gasteiger partial charge on any atom is -0.339 e. The Balaban J connectivity index is 1.84. The molecule has 0 radical (unpaired) electrons. The van der Waals surface area contributed by atoms with E-state index in [1.54, 1.807) is 0 Å². The lowest BCUT2D eigenvalue weighted by Gasteiger charge is -2.32. The number of benzene rings is 1. The zero-order chi connectivity index (χ0) is 19.7. The van der Waals surface area contributed by atoms with Gasteiger partial charge in [0.15, 0.2) is 5.82 Å². The van der Waals surface area contributed by atoms with Crippen LogP contribution in [0.2, 0.25) is 0 Å². The van der Waals surface area contributed by atoms with E-state index in [2.05, 4.69) is 15.3 Å². The molecule has 3 rings (SSSR count). The van der Waals surface area contributed by atoms with Crippen LogP contribution in [-0.2, 0) is 20.0 Å². The van der Waals surface area contributed by atoms with Crippen molar-refractivity contribution < 1.29 is 21.2 Å². The van der Waals surface area contributed by atoms with Gasteiger partial charge >= 0.3 is 0 Å². The Morgan fingerprint density at radius 3 is 2.19 bits per heavy atom. The lowest BCUT2D eigenvalue weighted by molar-refractivity contribution is 0.274. The fraction of sp³-hybridized carbons (Fsp3) is 0.333. The molecule has 1 saturated heterocycles. The second-order valence-corrected chi connectivity index (χ2v) is 9.82. The van der Waals surface area contributed by atoms with Crippen molar-refractivity contribution in [1.29, 1.82) is 0 Å². The minimum absolute atomic E-state index is 0.0281. The summed E-state index contributed by atoms with van der Waals surface area (Å²) in [4.78, 5) is 7.64. The van der Waals surface area contributed by atoms with Crippen LogP contribution in [0.1, 0.15) is 0 Å². The summed E-state index contributed by atoms with van der Waals surface area (Å²) in [6, 6.07) is 5.39. The number of halogens is 1. The summed E-state index contributed by atoms with van der Waals surface area (Å²) in [5, 5.41) is 2.85. The number of piperazine rings is 1. The first-order chi connectivity index (χ1) is 12.7. The highest BCUT2D eigenvalue weighted by molar-refractivity contribution is 7.89. The number of hydrogen-bond donors (Lipinski definition) is 1. The van der Waals surface area contributed by atoms with Crippen molar-refractivity contribution in [3.05, 3.63) is 42.6 Å². The van der Waals surface area contributed by atoms with Gasteiger partial charge in [0.1, 0.15) is 17.0 Å². The van der Waals surface area contributed by atoms with Crippen LogP contribution in [0.4, 0.5) is 15.9 Å². The molecule has 0 amide bonds. The highest BCUT2D eigenvalue weighted by Crippen LogP contribution is 2.26. The SMILES string of the molecule is CS(=O)(=O)N1CCN(S(=O)(=O)c2cncnc2Nc2ccc(F)cc2)CC1. The van der Waals surface area contributed by atoms with Crippen LogP contribution < -0.4 is 5.32 Å². The average molecular weight is 415 g/mol. The van der Waals surface area contributed by atoms with E-state index in [-0.39, 0.29) is 36.9 Å². The van der Waals surface area contributed by atoms with Gasteiger partial charge in [0, 0.05) is 31.9 Å². The van der Waals surface area contributed by atoms with Crippen LogP contribution >= 0.6 is 0 Å². The minimum atomic E-state index is -3.94. The Morgan fingerprint density at radius 1 is 1.00 bits per heavy atom. The van der Waals surface area contributed by atoms with Crippen molar-refractivity contribution >= 4 is 31.6 Å². The molecule has 0 spiro atoms. The number of rotatable bonds is 5. The molecule has 1 aliphatic rings. The van der Waals surface area contributed by atoms with Gasteiger partial charge in [-0.3, -0.25) is 0 Å². The molecule has 1 aromatic heterocycles. The lowest BCUT2D eigenvalue weighted by Crippen LogP contribution is -2.50. The van der Waals surface area contributed by atoms with Crippen molar-refractivity contribution in [2.24, 2.45) is 0 Å². The zero-order valence-electron chi connectivity index (χ0n) is 14.4. The predicted octanol–water partition coefficient (Wildman–Crippen LogP) is 0.625. The van der Waals surface area contributed by atoms with E-state index in [9.17, 15) is 21.2 Å². The van der Waals surface area contributed by atoms with Gasteiger partial charge in [-0.05, 0) is 24.3 Å². The summed E-state index contributed by atoms with van der Waals surface area (Å²) >= 11 is 0. The number of anilines is 2. The monoisotopic (exact) mass is 415 g/mol. The number of nitrogens with one attached hydrogen (secondary N) is 1. The Kier molecular flexibility index (Phi) is 5.42. The van der Waals surface area contributed by atoms with Gasteiger partial charge in [-0.2, -0.15) is 8.61 Å². The second-order valence-electron chi connectivity index (χ2n) is 5.93. The van der Waals surface area contributed by atoms with Crippen molar-refractivity contribution in [1.82, 2.24) is 18.6 Å².